The molecule has 22 heteroatoms. The second kappa shape index (κ2) is 17.6. The summed E-state index contributed by atoms with van der Waals surface area (Å²) in [5.41, 5.74) is 3.13. The first-order valence-corrected chi connectivity index (χ1v) is 21.5. The summed E-state index contributed by atoms with van der Waals surface area (Å²) in [5.74, 6) is -7.26. The van der Waals surface area contributed by atoms with Crippen molar-refractivity contribution in [2.24, 2.45) is 11.8 Å². The van der Waals surface area contributed by atoms with Gasteiger partial charge in [-0.15, -0.1) is 10.2 Å². The number of aromatic nitrogens is 10. The lowest BCUT2D eigenvalue weighted by atomic mass is 10.2. The van der Waals surface area contributed by atoms with E-state index in [1.54, 1.807) is 45.0 Å². The lowest BCUT2D eigenvalue weighted by molar-refractivity contribution is -0.120. The summed E-state index contributed by atoms with van der Waals surface area (Å²) in [6, 6.07) is 21.1. The predicted molar refractivity (Wildman–Crippen MR) is 228 cm³/mol. The van der Waals surface area contributed by atoms with Crippen LogP contribution in [0.4, 0.5) is 29.2 Å². The van der Waals surface area contributed by atoms with Crippen LogP contribution in [0.3, 0.4) is 0 Å². The highest BCUT2D eigenvalue weighted by Crippen LogP contribution is 2.51. The first-order valence-electron chi connectivity index (χ1n) is 21.5. The molecule has 2 N–H and O–H groups in total. The van der Waals surface area contributed by atoms with Gasteiger partial charge in [0.2, 0.25) is 11.6 Å². The number of rotatable bonds is 12. The number of halogens is 4. The Morgan fingerprint density at radius 3 is 1.36 bits per heavy atom. The predicted octanol–water partition coefficient (Wildman–Crippen LogP) is 3.77. The van der Waals surface area contributed by atoms with Crippen LogP contribution in [0.25, 0.3) is 0 Å². The lowest BCUT2D eigenvalue weighted by Gasteiger charge is -2.19. The molecule has 0 radical (unpaired) electrons. The van der Waals surface area contributed by atoms with E-state index in [0.29, 0.717) is 62.0 Å². The van der Waals surface area contributed by atoms with Crippen LogP contribution in [0, 0.1) is 11.8 Å². The van der Waals surface area contributed by atoms with Gasteiger partial charge in [0.1, 0.15) is 36.4 Å². The molecule has 2 aliphatic carbocycles. The fraction of sp³-hybridized carbons (Fsp3) is 0.409. The van der Waals surface area contributed by atoms with E-state index in [9.17, 15) is 36.7 Å². The Bertz CT molecular complexity index is 2570. The maximum atomic E-state index is 13.2. The number of carbonyl (C=O) groups excluding carboxylic acids is 4. The molecule has 0 bridgehead atoms. The highest BCUT2D eigenvalue weighted by Gasteiger charge is 2.57. The van der Waals surface area contributed by atoms with Crippen molar-refractivity contribution in [3.8, 4) is 0 Å². The molecule has 344 valence electrons. The van der Waals surface area contributed by atoms with E-state index in [1.165, 1.54) is 22.5 Å². The number of carbonyl (C=O) groups is 4. The van der Waals surface area contributed by atoms with Crippen LogP contribution in [0.5, 0.6) is 0 Å². The molecule has 4 atom stereocenters. The second-order valence-corrected chi connectivity index (χ2v) is 17.1. The zero-order valence-corrected chi connectivity index (χ0v) is 36.0. The van der Waals surface area contributed by atoms with Crippen LogP contribution < -0.4 is 20.4 Å². The minimum Gasteiger partial charge on any atom is -0.337 e. The summed E-state index contributed by atoms with van der Waals surface area (Å²) in [6.45, 7) is 1.69. The largest absolute Gasteiger partial charge is 0.337 e. The van der Waals surface area contributed by atoms with Crippen molar-refractivity contribution in [2.75, 3.05) is 23.9 Å². The minimum atomic E-state index is -2.61. The molecular weight excluding hydrogens is 865 g/mol. The zero-order chi connectivity index (χ0) is 46.3. The molecule has 0 saturated heterocycles. The number of hydrogen-bond donors (Lipinski definition) is 2. The van der Waals surface area contributed by atoms with E-state index < -0.39 is 47.6 Å². The van der Waals surface area contributed by atoms with Gasteiger partial charge in [-0.1, -0.05) is 60.7 Å². The summed E-state index contributed by atoms with van der Waals surface area (Å²) in [5, 5.41) is 22.7. The molecule has 2 aliphatic heterocycles. The molecule has 6 aromatic rings. The van der Waals surface area contributed by atoms with E-state index in [4.69, 9.17) is 0 Å². The number of hydrogen-bond acceptors (Lipinski definition) is 10. The van der Waals surface area contributed by atoms with Gasteiger partial charge >= 0.3 is 0 Å². The summed E-state index contributed by atoms with van der Waals surface area (Å²) in [4.78, 5) is 62.3. The third-order valence-electron chi connectivity index (χ3n) is 12.1. The Labute approximate surface area is 375 Å². The van der Waals surface area contributed by atoms with E-state index in [0.717, 1.165) is 11.1 Å². The van der Waals surface area contributed by atoms with E-state index in [2.05, 4.69) is 41.0 Å². The molecule has 6 heterocycles. The molecule has 0 unspecified atom stereocenters. The van der Waals surface area contributed by atoms with E-state index >= 15 is 0 Å². The molecule has 4 aliphatic rings. The molecule has 18 nitrogen and oxygen atoms in total. The Kier molecular flexibility index (Phi) is 11.7. The average Bonchev–Trinajstić information content (AvgIpc) is 3.73. The van der Waals surface area contributed by atoms with Crippen molar-refractivity contribution < 1.29 is 36.7 Å². The Morgan fingerprint density at radius 1 is 0.621 bits per heavy atom. The Hall–Kier alpha value is -7.26. The average molecular weight is 911 g/mol. The van der Waals surface area contributed by atoms with Gasteiger partial charge in [0.05, 0.1) is 24.5 Å². The van der Waals surface area contributed by atoms with Crippen LogP contribution >= 0.6 is 0 Å². The first-order chi connectivity index (χ1) is 31.6. The molecule has 0 spiro atoms. The lowest BCUT2D eigenvalue weighted by Crippen LogP contribution is -2.47. The number of likely N-dealkylation sites (N-methyl/N-ethyl adjacent to an activating group) is 2. The molecule has 66 heavy (non-hydrogen) atoms. The summed E-state index contributed by atoms with van der Waals surface area (Å²) in [7, 11) is 3.17. The van der Waals surface area contributed by atoms with E-state index in [1.807, 2.05) is 60.7 Å². The number of alkyl halides is 4. The molecule has 4 amide bonds. The number of benzene rings is 2. The number of nitrogens with one attached hydrogen (secondary N) is 2. The van der Waals surface area contributed by atoms with Gasteiger partial charge in [0.15, 0.2) is 0 Å². The maximum Gasteiger partial charge on any atom is 0.291 e. The van der Waals surface area contributed by atoms with Gasteiger partial charge in [-0.2, -0.15) is 10.2 Å². The second-order valence-electron chi connectivity index (χ2n) is 17.1. The fourth-order valence-corrected chi connectivity index (χ4v) is 8.12. The molecule has 2 saturated carbocycles. The first kappa shape index (κ1) is 44.0. The van der Waals surface area contributed by atoms with Gasteiger partial charge in [0, 0.05) is 76.8 Å². The number of amides is 4. The number of nitrogens with zero attached hydrogens (tertiary/aromatic N) is 12. The van der Waals surface area contributed by atoms with Gasteiger partial charge in [-0.3, -0.25) is 29.0 Å². The number of fused-ring (bicyclic) bond motifs is 2. The van der Waals surface area contributed by atoms with Crippen molar-refractivity contribution in [3.63, 3.8) is 0 Å². The quantitative estimate of drug-likeness (QED) is 0.171. The minimum absolute atomic E-state index is 0.0176. The molecule has 10 rings (SSSR count). The summed E-state index contributed by atoms with van der Waals surface area (Å²) < 4.78 is 59.4. The van der Waals surface area contributed by atoms with Crippen molar-refractivity contribution in [2.45, 2.75) is 88.6 Å². The van der Waals surface area contributed by atoms with Crippen molar-refractivity contribution in [1.29, 1.82) is 0 Å². The van der Waals surface area contributed by atoms with Gasteiger partial charge < -0.3 is 10.6 Å². The Morgan fingerprint density at radius 2 is 1.00 bits per heavy atom. The SMILES string of the molecule is CN1C(=O)[C@@H](NC(=O)c2ncn(Cc3ccccc3)n2)CCn2nc(C[C@@H]3CC3(F)F)cc21.CN1C(=O)[C@@H](NC(=O)c2ncn(Cc3ccccc3)n2)CCn2nc(C[C@H]3CC3(F)F)cc21. The molecule has 4 aromatic heterocycles. The van der Waals surface area contributed by atoms with E-state index in [-0.39, 0.29) is 49.1 Å². The van der Waals surface area contributed by atoms with Gasteiger partial charge in [-0.25, -0.2) is 46.3 Å². The van der Waals surface area contributed by atoms with Crippen LogP contribution in [0.1, 0.15) is 69.4 Å². The molecule has 2 aromatic carbocycles. The molecule has 2 fully saturated rings. The van der Waals surface area contributed by atoms with Crippen molar-refractivity contribution in [1.82, 2.24) is 59.7 Å². The highest BCUT2D eigenvalue weighted by molar-refractivity contribution is 6.01. The van der Waals surface area contributed by atoms with Crippen LogP contribution in [-0.4, -0.2) is 111 Å². The molecular formula is C44H46F4N14O4. The van der Waals surface area contributed by atoms with Gasteiger partial charge in [-0.05, 0) is 24.0 Å². The van der Waals surface area contributed by atoms with Crippen LogP contribution in [0.15, 0.2) is 85.5 Å². The summed E-state index contributed by atoms with van der Waals surface area (Å²) in [6.07, 6.45) is 3.72. The number of aryl methyl sites for hydroxylation is 2. The topological polar surface area (TPSA) is 196 Å². The smallest absolute Gasteiger partial charge is 0.291 e. The van der Waals surface area contributed by atoms with Crippen molar-refractivity contribution >= 4 is 35.3 Å². The highest BCUT2D eigenvalue weighted by atomic mass is 19.3. The standard InChI is InChI=1S/2C22H23F2N7O2/c2*1-29-18-10-16(9-15-11-22(15,23)24)27-31(18)8-7-17(21(29)33)26-20(32)19-25-13-30(28-19)12-14-5-3-2-4-6-14/h2*2-6,10,13,15,17H,7-9,11-12H2,1H3,(H,26,32)/t15-,17+;15-,17-/m10/s1. The number of anilines is 2. The zero-order valence-electron chi connectivity index (χ0n) is 36.0. The summed E-state index contributed by atoms with van der Waals surface area (Å²) >= 11 is 0. The normalized spacial score (nSPS) is 21.4. The van der Waals surface area contributed by atoms with Crippen LogP contribution in [-0.2, 0) is 48.6 Å². The van der Waals surface area contributed by atoms with Crippen LogP contribution in [0.2, 0.25) is 0 Å². The van der Waals surface area contributed by atoms with Crippen molar-refractivity contribution in [3.05, 3.63) is 120 Å². The fourth-order valence-electron chi connectivity index (χ4n) is 8.12. The Balaban J connectivity index is 0.000000166. The third kappa shape index (κ3) is 9.71. The van der Waals surface area contributed by atoms with Gasteiger partial charge in [0.25, 0.3) is 35.5 Å². The monoisotopic (exact) mass is 910 g/mol. The maximum absolute atomic E-state index is 13.2. The third-order valence-corrected chi connectivity index (χ3v) is 12.1.